The molecule has 0 heterocycles. The van der Waals surface area contributed by atoms with Gasteiger partial charge in [0.25, 0.3) is 0 Å². The molecule has 0 rings (SSSR count). The van der Waals surface area contributed by atoms with Crippen molar-refractivity contribution in [2.24, 2.45) is 0 Å². The molecule has 22 heavy (non-hydrogen) atoms. The molecule has 5 nitrogen and oxygen atoms in total. The molecule has 0 atom stereocenters. The van der Waals surface area contributed by atoms with Crippen molar-refractivity contribution < 1.29 is 18.9 Å². The minimum Gasteiger partial charge on any atom is -0.317 e. The van der Waals surface area contributed by atoms with Gasteiger partial charge >= 0.3 is 7.82 Å². The molecule has 0 unspecified atom stereocenters. The monoisotopic (exact) mass is 339 g/mol. The van der Waals surface area contributed by atoms with Gasteiger partial charge in [0.2, 0.25) is 0 Å². The van der Waals surface area contributed by atoms with Gasteiger partial charge in [0, 0.05) is 0 Å². The van der Waals surface area contributed by atoms with E-state index in [2.05, 4.69) is 30.6 Å². The van der Waals surface area contributed by atoms with E-state index < -0.39 is 7.82 Å². The molecule has 0 amide bonds. The van der Waals surface area contributed by atoms with Crippen LogP contribution in [0.5, 0.6) is 0 Å². The second kappa shape index (κ2) is 19.1. The molecule has 0 radical (unpaired) electrons. The van der Waals surface area contributed by atoms with Gasteiger partial charge in [-0.1, -0.05) is 65.7 Å². The highest BCUT2D eigenvalue weighted by atomic mass is 31.2. The Hall–Kier alpha value is 0.0700. The average Bonchev–Trinajstić information content (AvgIpc) is 2.46. The molecule has 0 spiro atoms. The summed E-state index contributed by atoms with van der Waals surface area (Å²) in [7, 11) is -4.23. The van der Waals surface area contributed by atoms with E-state index in [0.717, 1.165) is 19.3 Å². The van der Waals surface area contributed by atoms with Gasteiger partial charge in [-0.25, -0.2) is 4.57 Å². The van der Waals surface area contributed by atoms with Gasteiger partial charge in [-0.05, 0) is 32.4 Å². The standard InChI is InChI=1S/C8H19N.C8H19O4P/c1-3-5-7-9-8-6-4-2;1-2-3-4-5-6-7-8-12-13(9,10)11/h9H,3-8H2,1-2H3;2-8H2,1H3,(H2,9,10,11). The zero-order valence-corrected chi connectivity index (χ0v) is 15.7. The molecule has 0 fully saturated rings. The highest BCUT2D eigenvalue weighted by Crippen LogP contribution is 2.35. The molecule has 0 saturated heterocycles. The lowest BCUT2D eigenvalue weighted by molar-refractivity contribution is 0.193. The van der Waals surface area contributed by atoms with E-state index in [9.17, 15) is 4.57 Å². The third-order valence-electron chi connectivity index (χ3n) is 3.17. The van der Waals surface area contributed by atoms with E-state index in [4.69, 9.17) is 9.79 Å². The summed E-state index contributed by atoms with van der Waals surface area (Å²) < 4.78 is 14.5. The Morgan fingerprint density at radius 3 is 1.68 bits per heavy atom. The van der Waals surface area contributed by atoms with Crippen molar-refractivity contribution in [2.45, 2.75) is 85.0 Å². The highest BCUT2D eigenvalue weighted by Gasteiger charge is 2.12. The maximum atomic E-state index is 10.2. The number of phosphoric ester groups is 1. The summed E-state index contributed by atoms with van der Waals surface area (Å²) in [6, 6.07) is 0. The predicted octanol–water partition coefficient (Wildman–Crippen LogP) is 4.63. The van der Waals surface area contributed by atoms with Crippen LogP contribution in [0.3, 0.4) is 0 Å². The van der Waals surface area contributed by atoms with E-state index in [0.29, 0.717) is 0 Å². The molecule has 0 aromatic rings. The number of rotatable bonds is 14. The Morgan fingerprint density at radius 2 is 1.23 bits per heavy atom. The number of unbranched alkanes of at least 4 members (excludes halogenated alkanes) is 7. The van der Waals surface area contributed by atoms with Crippen molar-refractivity contribution in [1.29, 1.82) is 0 Å². The Labute approximate surface area is 137 Å². The van der Waals surface area contributed by atoms with Crippen LogP contribution < -0.4 is 5.32 Å². The van der Waals surface area contributed by atoms with Gasteiger partial charge < -0.3 is 15.1 Å². The molecule has 0 aliphatic carbocycles. The van der Waals surface area contributed by atoms with E-state index in [1.54, 1.807) is 0 Å². The number of nitrogens with one attached hydrogen (secondary N) is 1. The second-order valence-corrected chi connectivity index (χ2v) is 6.79. The fraction of sp³-hybridized carbons (Fsp3) is 1.00. The summed E-state index contributed by atoms with van der Waals surface area (Å²) in [5.74, 6) is 0. The van der Waals surface area contributed by atoms with Crippen LogP contribution in [0, 0.1) is 0 Å². The lowest BCUT2D eigenvalue weighted by Crippen LogP contribution is -2.15. The van der Waals surface area contributed by atoms with E-state index >= 15 is 0 Å². The molecule has 0 aromatic heterocycles. The third-order valence-corrected chi connectivity index (χ3v) is 3.69. The molecule has 6 heteroatoms. The van der Waals surface area contributed by atoms with Gasteiger partial charge in [-0.2, -0.15) is 0 Å². The molecule has 0 saturated carbocycles. The first-order valence-corrected chi connectivity index (χ1v) is 10.4. The van der Waals surface area contributed by atoms with Crippen molar-refractivity contribution in [1.82, 2.24) is 5.32 Å². The van der Waals surface area contributed by atoms with Crippen LogP contribution in [0.4, 0.5) is 0 Å². The lowest BCUT2D eigenvalue weighted by Gasteiger charge is -2.04. The summed E-state index contributed by atoms with van der Waals surface area (Å²) >= 11 is 0. The van der Waals surface area contributed by atoms with Gasteiger partial charge in [0.1, 0.15) is 0 Å². The van der Waals surface area contributed by atoms with Crippen LogP contribution in [0.1, 0.15) is 85.0 Å². The molecule has 136 valence electrons. The van der Waals surface area contributed by atoms with Gasteiger partial charge in [-0.15, -0.1) is 0 Å². The van der Waals surface area contributed by atoms with Gasteiger partial charge in [-0.3, -0.25) is 4.52 Å². The highest BCUT2D eigenvalue weighted by molar-refractivity contribution is 7.46. The molecular formula is C16H38NO4P. The van der Waals surface area contributed by atoms with Crippen LogP contribution in [-0.4, -0.2) is 29.5 Å². The maximum absolute atomic E-state index is 10.2. The summed E-state index contributed by atoms with van der Waals surface area (Å²) in [5.41, 5.74) is 0. The molecule has 0 aromatic carbocycles. The molecule has 3 N–H and O–H groups in total. The van der Waals surface area contributed by atoms with Crippen LogP contribution in [-0.2, 0) is 9.09 Å². The predicted molar refractivity (Wildman–Crippen MR) is 94.1 cm³/mol. The molecule has 0 bridgehead atoms. The minimum absolute atomic E-state index is 0.163. The fourth-order valence-electron chi connectivity index (χ4n) is 1.79. The average molecular weight is 339 g/mol. The SMILES string of the molecule is CCCCCCCCOP(=O)(O)O.CCCCNCCCC. The zero-order valence-electron chi connectivity index (χ0n) is 14.9. The van der Waals surface area contributed by atoms with Crippen molar-refractivity contribution in [2.75, 3.05) is 19.7 Å². The summed E-state index contributed by atoms with van der Waals surface area (Å²) in [5, 5.41) is 3.39. The normalized spacial score (nSPS) is 11.1. The second-order valence-electron chi connectivity index (χ2n) is 5.55. The van der Waals surface area contributed by atoms with Crippen molar-refractivity contribution in [3.05, 3.63) is 0 Å². The Morgan fingerprint density at radius 1 is 0.773 bits per heavy atom. The summed E-state index contributed by atoms with van der Waals surface area (Å²) in [6.45, 7) is 9.17. The van der Waals surface area contributed by atoms with E-state index in [-0.39, 0.29) is 6.61 Å². The number of phosphoric acid groups is 1. The number of hydrogen-bond donors (Lipinski definition) is 3. The molecular weight excluding hydrogens is 301 g/mol. The molecule has 0 aliphatic heterocycles. The van der Waals surface area contributed by atoms with Crippen LogP contribution >= 0.6 is 7.82 Å². The topological polar surface area (TPSA) is 78.8 Å². The molecule has 0 aliphatic rings. The van der Waals surface area contributed by atoms with Crippen LogP contribution in [0.25, 0.3) is 0 Å². The minimum atomic E-state index is -4.23. The van der Waals surface area contributed by atoms with Crippen molar-refractivity contribution >= 4 is 7.82 Å². The fourth-order valence-corrected chi connectivity index (χ4v) is 2.16. The smallest absolute Gasteiger partial charge is 0.317 e. The van der Waals surface area contributed by atoms with E-state index in [1.807, 2.05) is 0 Å². The Balaban J connectivity index is 0. The largest absolute Gasteiger partial charge is 0.469 e. The third kappa shape index (κ3) is 28.3. The lowest BCUT2D eigenvalue weighted by atomic mass is 10.1. The van der Waals surface area contributed by atoms with Crippen molar-refractivity contribution in [3.63, 3.8) is 0 Å². The summed E-state index contributed by atoms with van der Waals surface area (Å²) in [4.78, 5) is 16.7. The van der Waals surface area contributed by atoms with Gasteiger partial charge in [0.05, 0.1) is 6.61 Å². The van der Waals surface area contributed by atoms with Crippen LogP contribution in [0.15, 0.2) is 0 Å². The van der Waals surface area contributed by atoms with E-state index in [1.165, 1.54) is 58.0 Å². The summed E-state index contributed by atoms with van der Waals surface area (Å²) in [6.07, 6.45) is 11.7. The quantitative estimate of drug-likeness (QED) is 0.317. The first-order chi connectivity index (χ1) is 10.5. The Bertz CT molecular complexity index is 240. The number of hydrogen-bond acceptors (Lipinski definition) is 3. The maximum Gasteiger partial charge on any atom is 0.469 e. The first-order valence-electron chi connectivity index (χ1n) is 8.88. The van der Waals surface area contributed by atoms with Crippen LogP contribution in [0.2, 0.25) is 0 Å². The zero-order chi connectivity index (χ0) is 17.1. The van der Waals surface area contributed by atoms with Crippen molar-refractivity contribution in [3.8, 4) is 0 Å². The Kier molecular flexibility index (Phi) is 21.1. The van der Waals surface area contributed by atoms with Gasteiger partial charge in [0.15, 0.2) is 0 Å². The first kappa shape index (κ1) is 24.3.